The van der Waals surface area contributed by atoms with Crippen molar-refractivity contribution in [2.45, 2.75) is 57.5 Å². The van der Waals surface area contributed by atoms with Gasteiger partial charge in [-0.25, -0.2) is 0 Å². The molecule has 0 saturated heterocycles. The zero-order valence-electron chi connectivity index (χ0n) is 11.3. The first-order valence-electron chi connectivity index (χ1n) is 6.82. The van der Waals surface area contributed by atoms with Gasteiger partial charge in [-0.05, 0) is 25.3 Å². The molecule has 1 heterocycles. The van der Waals surface area contributed by atoms with Gasteiger partial charge < -0.3 is 5.11 Å². The van der Waals surface area contributed by atoms with Gasteiger partial charge >= 0.3 is 0 Å². The SMILES string of the molecule is CCc1cc(CC(=O)C2(O)CCCCC2)n(C)n1. The normalized spacial score (nSPS) is 18.8. The van der Waals surface area contributed by atoms with Gasteiger partial charge in [0, 0.05) is 12.7 Å². The molecule has 1 aromatic heterocycles. The Balaban J connectivity index is 2.08. The maximum atomic E-state index is 12.2. The summed E-state index contributed by atoms with van der Waals surface area (Å²) in [6.07, 6.45) is 5.42. The third-order valence-electron chi connectivity index (χ3n) is 3.93. The van der Waals surface area contributed by atoms with E-state index in [9.17, 15) is 9.90 Å². The summed E-state index contributed by atoms with van der Waals surface area (Å²) in [4.78, 5) is 12.2. The Hall–Kier alpha value is -1.16. The second-order valence-corrected chi connectivity index (χ2v) is 5.30. The van der Waals surface area contributed by atoms with Crippen molar-refractivity contribution in [1.82, 2.24) is 9.78 Å². The third-order valence-corrected chi connectivity index (χ3v) is 3.93. The first-order valence-corrected chi connectivity index (χ1v) is 6.82. The minimum absolute atomic E-state index is 0.0483. The highest BCUT2D eigenvalue weighted by molar-refractivity contribution is 5.88. The number of aryl methyl sites for hydroxylation is 2. The van der Waals surface area contributed by atoms with Gasteiger partial charge in [0.2, 0.25) is 0 Å². The van der Waals surface area contributed by atoms with Gasteiger partial charge in [-0.2, -0.15) is 5.10 Å². The van der Waals surface area contributed by atoms with Gasteiger partial charge in [0.15, 0.2) is 5.78 Å². The second kappa shape index (κ2) is 5.22. The molecular formula is C14H22N2O2. The van der Waals surface area contributed by atoms with E-state index < -0.39 is 5.60 Å². The highest BCUT2D eigenvalue weighted by atomic mass is 16.3. The minimum Gasteiger partial charge on any atom is -0.382 e. The van der Waals surface area contributed by atoms with E-state index >= 15 is 0 Å². The van der Waals surface area contributed by atoms with Crippen LogP contribution in [0.1, 0.15) is 50.4 Å². The van der Waals surface area contributed by atoms with Crippen LogP contribution in [0.25, 0.3) is 0 Å². The van der Waals surface area contributed by atoms with Gasteiger partial charge in [-0.1, -0.05) is 26.2 Å². The van der Waals surface area contributed by atoms with Crippen molar-refractivity contribution in [3.8, 4) is 0 Å². The van der Waals surface area contributed by atoms with Crippen LogP contribution in [0.5, 0.6) is 0 Å². The summed E-state index contributed by atoms with van der Waals surface area (Å²) >= 11 is 0. The lowest BCUT2D eigenvalue weighted by Crippen LogP contribution is -2.41. The highest BCUT2D eigenvalue weighted by Crippen LogP contribution is 2.29. The number of Topliss-reactive ketones (excluding diaryl/α,β-unsaturated/α-hetero) is 1. The van der Waals surface area contributed by atoms with Crippen molar-refractivity contribution in [3.05, 3.63) is 17.5 Å². The van der Waals surface area contributed by atoms with Crippen LogP contribution in [0.15, 0.2) is 6.07 Å². The first-order chi connectivity index (χ1) is 8.55. The Labute approximate surface area is 108 Å². The number of hydrogen-bond acceptors (Lipinski definition) is 3. The zero-order valence-corrected chi connectivity index (χ0v) is 11.3. The van der Waals surface area contributed by atoms with E-state index in [0.717, 1.165) is 37.1 Å². The summed E-state index contributed by atoms with van der Waals surface area (Å²) in [5.41, 5.74) is 0.807. The number of aromatic nitrogens is 2. The lowest BCUT2D eigenvalue weighted by atomic mass is 9.80. The van der Waals surface area contributed by atoms with Gasteiger partial charge in [-0.3, -0.25) is 9.48 Å². The molecule has 1 aliphatic carbocycles. The van der Waals surface area contributed by atoms with Crippen molar-refractivity contribution >= 4 is 5.78 Å². The number of ketones is 1. The van der Waals surface area contributed by atoms with Crippen molar-refractivity contribution in [2.24, 2.45) is 7.05 Å². The summed E-state index contributed by atoms with van der Waals surface area (Å²) in [5, 5.41) is 14.7. The fourth-order valence-corrected chi connectivity index (χ4v) is 2.65. The second-order valence-electron chi connectivity index (χ2n) is 5.30. The average Bonchev–Trinajstić information content (AvgIpc) is 2.71. The van der Waals surface area contributed by atoms with Crippen LogP contribution >= 0.6 is 0 Å². The standard InChI is InChI=1S/C14H22N2O2/c1-3-11-9-12(16(2)15-11)10-13(17)14(18)7-5-4-6-8-14/h9,18H,3-8,10H2,1-2H3. The number of carbonyl (C=O) groups excluding carboxylic acids is 1. The van der Waals surface area contributed by atoms with Gasteiger partial charge in [0.1, 0.15) is 5.60 Å². The summed E-state index contributed by atoms with van der Waals surface area (Å²) in [6.45, 7) is 2.04. The molecule has 0 aromatic carbocycles. The van der Waals surface area contributed by atoms with E-state index in [2.05, 4.69) is 5.10 Å². The monoisotopic (exact) mass is 250 g/mol. The molecule has 0 bridgehead atoms. The molecule has 0 radical (unpaired) electrons. The van der Waals surface area contributed by atoms with Crippen LogP contribution < -0.4 is 0 Å². The van der Waals surface area contributed by atoms with Gasteiger partial charge in [0.05, 0.1) is 12.1 Å². The highest BCUT2D eigenvalue weighted by Gasteiger charge is 2.36. The Morgan fingerprint density at radius 1 is 1.44 bits per heavy atom. The maximum absolute atomic E-state index is 12.2. The Bertz CT molecular complexity index is 431. The topological polar surface area (TPSA) is 55.1 Å². The van der Waals surface area contributed by atoms with E-state index in [4.69, 9.17) is 0 Å². The lowest BCUT2D eigenvalue weighted by molar-refractivity contribution is -0.139. The Kier molecular flexibility index (Phi) is 3.85. The number of rotatable bonds is 4. The fraction of sp³-hybridized carbons (Fsp3) is 0.714. The molecular weight excluding hydrogens is 228 g/mol. The number of carbonyl (C=O) groups is 1. The predicted molar refractivity (Wildman–Crippen MR) is 69.3 cm³/mol. The minimum atomic E-state index is -1.09. The molecule has 0 spiro atoms. The molecule has 2 rings (SSSR count). The van der Waals surface area contributed by atoms with E-state index in [1.54, 1.807) is 4.68 Å². The van der Waals surface area contributed by atoms with Crippen molar-refractivity contribution in [2.75, 3.05) is 0 Å². The summed E-state index contributed by atoms with van der Waals surface area (Å²) in [7, 11) is 1.85. The van der Waals surface area contributed by atoms with Crippen LogP contribution in [-0.2, 0) is 24.7 Å². The van der Waals surface area contributed by atoms with Crippen molar-refractivity contribution < 1.29 is 9.90 Å². The van der Waals surface area contributed by atoms with Crippen LogP contribution in [0, 0.1) is 0 Å². The van der Waals surface area contributed by atoms with Crippen LogP contribution in [0.3, 0.4) is 0 Å². The zero-order chi connectivity index (χ0) is 13.2. The molecule has 0 aliphatic heterocycles. The van der Waals surface area contributed by atoms with E-state index in [-0.39, 0.29) is 5.78 Å². The molecule has 1 fully saturated rings. The maximum Gasteiger partial charge on any atom is 0.170 e. The van der Waals surface area contributed by atoms with E-state index in [1.807, 2.05) is 20.0 Å². The molecule has 1 aliphatic rings. The van der Waals surface area contributed by atoms with Crippen molar-refractivity contribution in [3.63, 3.8) is 0 Å². The molecule has 4 heteroatoms. The third kappa shape index (κ3) is 2.64. The average molecular weight is 250 g/mol. The molecule has 0 unspecified atom stereocenters. The van der Waals surface area contributed by atoms with Crippen LogP contribution in [0.4, 0.5) is 0 Å². The van der Waals surface area contributed by atoms with Gasteiger partial charge in [-0.15, -0.1) is 0 Å². The van der Waals surface area contributed by atoms with Gasteiger partial charge in [0.25, 0.3) is 0 Å². The van der Waals surface area contributed by atoms with Crippen LogP contribution in [0.2, 0.25) is 0 Å². The number of hydrogen-bond donors (Lipinski definition) is 1. The molecule has 4 nitrogen and oxygen atoms in total. The molecule has 1 saturated carbocycles. The molecule has 0 amide bonds. The number of nitrogens with zero attached hydrogens (tertiary/aromatic N) is 2. The number of aliphatic hydroxyl groups is 1. The fourth-order valence-electron chi connectivity index (χ4n) is 2.65. The molecule has 0 atom stereocenters. The van der Waals surface area contributed by atoms with E-state index in [0.29, 0.717) is 19.3 Å². The quantitative estimate of drug-likeness (QED) is 0.886. The Morgan fingerprint density at radius 3 is 2.67 bits per heavy atom. The molecule has 1 N–H and O–H groups in total. The molecule has 100 valence electrons. The smallest absolute Gasteiger partial charge is 0.170 e. The first kappa shape index (κ1) is 13.3. The van der Waals surface area contributed by atoms with E-state index in [1.165, 1.54) is 0 Å². The Morgan fingerprint density at radius 2 is 2.11 bits per heavy atom. The van der Waals surface area contributed by atoms with Crippen LogP contribution in [-0.4, -0.2) is 26.3 Å². The molecule has 1 aromatic rings. The largest absolute Gasteiger partial charge is 0.382 e. The summed E-state index contributed by atoms with van der Waals surface area (Å²) in [5.74, 6) is -0.0483. The molecule has 18 heavy (non-hydrogen) atoms. The lowest BCUT2D eigenvalue weighted by Gasteiger charge is -2.30. The summed E-state index contributed by atoms with van der Waals surface area (Å²) in [6, 6.07) is 1.96. The summed E-state index contributed by atoms with van der Waals surface area (Å²) < 4.78 is 1.75. The van der Waals surface area contributed by atoms with Crippen molar-refractivity contribution in [1.29, 1.82) is 0 Å². The predicted octanol–water partition coefficient (Wildman–Crippen LogP) is 1.79.